The van der Waals surface area contributed by atoms with Crippen LogP contribution in [0.15, 0.2) is 28.7 Å². The molecule has 1 aromatic heterocycles. The van der Waals surface area contributed by atoms with Crippen LogP contribution < -0.4 is 5.32 Å². The molecule has 0 saturated heterocycles. The maximum Gasteiger partial charge on any atom is 0.139 e. The molecular formula is C17H22BrN3. The van der Waals surface area contributed by atoms with E-state index in [0.29, 0.717) is 6.04 Å². The number of aromatic nitrogens is 2. The zero-order valence-electron chi connectivity index (χ0n) is 13.1. The number of aryl methyl sites for hydroxylation is 1. The van der Waals surface area contributed by atoms with Crippen LogP contribution >= 0.6 is 15.9 Å². The van der Waals surface area contributed by atoms with E-state index in [1.165, 1.54) is 11.1 Å². The Hall–Kier alpha value is -1.29. The zero-order valence-corrected chi connectivity index (χ0v) is 14.7. The fourth-order valence-corrected chi connectivity index (χ4v) is 3.97. The van der Waals surface area contributed by atoms with Gasteiger partial charge in [-0.1, -0.05) is 45.0 Å². The number of rotatable bonds is 1. The van der Waals surface area contributed by atoms with Gasteiger partial charge < -0.3 is 5.32 Å². The number of nitrogens with zero attached hydrogens (tertiary/aromatic N) is 2. The van der Waals surface area contributed by atoms with Gasteiger partial charge in [-0.15, -0.1) is 0 Å². The van der Waals surface area contributed by atoms with Gasteiger partial charge in [-0.05, 0) is 40.4 Å². The number of hydrogen-bond acceptors (Lipinski definition) is 2. The highest BCUT2D eigenvalue weighted by atomic mass is 79.9. The van der Waals surface area contributed by atoms with E-state index >= 15 is 0 Å². The van der Waals surface area contributed by atoms with Crippen LogP contribution in [-0.2, 0) is 5.41 Å². The first-order chi connectivity index (χ1) is 9.89. The molecule has 21 heavy (non-hydrogen) atoms. The van der Waals surface area contributed by atoms with Crippen LogP contribution in [0.2, 0.25) is 0 Å². The minimum absolute atomic E-state index is 0.0289. The SMILES string of the molecule is Cc1ccccc1C1CCNc2c(Br)c(C(C)(C)C)nn21. The second kappa shape index (κ2) is 5.16. The lowest BCUT2D eigenvalue weighted by molar-refractivity contribution is 0.461. The largest absolute Gasteiger partial charge is 0.369 e. The molecule has 0 aliphatic carbocycles. The summed E-state index contributed by atoms with van der Waals surface area (Å²) in [5, 5.41) is 8.42. The van der Waals surface area contributed by atoms with Crippen molar-refractivity contribution in [2.75, 3.05) is 11.9 Å². The summed E-state index contributed by atoms with van der Waals surface area (Å²) in [6, 6.07) is 8.94. The van der Waals surface area contributed by atoms with Crippen LogP contribution in [0.5, 0.6) is 0 Å². The highest BCUT2D eigenvalue weighted by Gasteiger charge is 2.31. The van der Waals surface area contributed by atoms with Crippen molar-refractivity contribution in [1.82, 2.24) is 9.78 Å². The van der Waals surface area contributed by atoms with Crippen molar-refractivity contribution in [2.24, 2.45) is 0 Å². The summed E-state index contributed by atoms with van der Waals surface area (Å²) >= 11 is 3.75. The molecule has 0 saturated carbocycles. The van der Waals surface area contributed by atoms with Crippen LogP contribution in [0.4, 0.5) is 5.82 Å². The highest BCUT2D eigenvalue weighted by Crippen LogP contribution is 2.40. The van der Waals surface area contributed by atoms with Gasteiger partial charge in [0.05, 0.1) is 16.2 Å². The van der Waals surface area contributed by atoms with E-state index < -0.39 is 0 Å². The molecule has 112 valence electrons. The van der Waals surface area contributed by atoms with E-state index in [2.05, 4.69) is 77.9 Å². The minimum Gasteiger partial charge on any atom is -0.369 e. The van der Waals surface area contributed by atoms with Crippen molar-refractivity contribution < 1.29 is 0 Å². The van der Waals surface area contributed by atoms with Gasteiger partial charge in [-0.25, -0.2) is 4.68 Å². The van der Waals surface area contributed by atoms with Crippen molar-refractivity contribution in [2.45, 2.75) is 45.6 Å². The molecule has 1 N–H and O–H groups in total. The predicted molar refractivity (Wildman–Crippen MR) is 91.1 cm³/mol. The average Bonchev–Trinajstić information content (AvgIpc) is 2.77. The molecule has 1 aromatic carbocycles. The lowest BCUT2D eigenvalue weighted by Gasteiger charge is -2.27. The first kappa shape index (κ1) is 14.6. The monoisotopic (exact) mass is 347 g/mol. The number of fused-ring (bicyclic) bond motifs is 1. The number of halogens is 1. The van der Waals surface area contributed by atoms with Crippen molar-refractivity contribution >= 4 is 21.7 Å². The summed E-state index contributed by atoms with van der Waals surface area (Å²) in [5.41, 5.74) is 3.85. The Morgan fingerprint density at radius 1 is 1.29 bits per heavy atom. The maximum atomic E-state index is 4.93. The van der Waals surface area contributed by atoms with Crippen LogP contribution in [0, 0.1) is 6.92 Å². The van der Waals surface area contributed by atoms with Crippen LogP contribution in [0.3, 0.4) is 0 Å². The van der Waals surface area contributed by atoms with Gasteiger partial charge in [0.1, 0.15) is 5.82 Å². The topological polar surface area (TPSA) is 29.9 Å². The van der Waals surface area contributed by atoms with E-state index in [4.69, 9.17) is 5.10 Å². The second-order valence-electron chi connectivity index (χ2n) is 6.79. The van der Waals surface area contributed by atoms with E-state index in [1.54, 1.807) is 0 Å². The Balaban J connectivity index is 2.13. The number of hydrogen-bond donors (Lipinski definition) is 1. The van der Waals surface area contributed by atoms with Crippen LogP contribution in [-0.4, -0.2) is 16.3 Å². The predicted octanol–water partition coefficient (Wildman–Crippen LogP) is 4.66. The van der Waals surface area contributed by atoms with Crippen LogP contribution in [0.25, 0.3) is 0 Å². The van der Waals surface area contributed by atoms with Crippen molar-refractivity contribution in [3.05, 3.63) is 45.6 Å². The van der Waals surface area contributed by atoms with E-state index in [9.17, 15) is 0 Å². The minimum atomic E-state index is 0.0289. The Labute approximate surface area is 134 Å². The van der Waals surface area contributed by atoms with Crippen LogP contribution in [0.1, 0.15) is 50.1 Å². The Kier molecular flexibility index (Phi) is 3.60. The maximum absolute atomic E-state index is 4.93. The molecule has 1 aliphatic heterocycles. The van der Waals surface area contributed by atoms with E-state index in [-0.39, 0.29) is 5.41 Å². The second-order valence-corrected chi connectivity index (χ2v) is 7.59. The molecule has 1 unspecified atom stereocenters. The molecule has 1 aliphatic rings. The fourth-order valence-electron chi connectivity index (χ4n) is 2.98. The van der Waals surface area contributed by atoms with Gasteiger partial charge in [0.15, 0.2) is 0 Å². The summed E-state index contributed by atoms with van der Waals surface area (Å²) in [6.45, 7) is 9.77. The molecule has 3 rings (SSSR count). The van der Waals surface area contributed by atoms with Crippen molar-refractivity contribution in [1.29, 1.82) is 0 Å². The molecule has 2 heterocycles. The van der Waals surface area contributed by atoms with Crippen molar-refractivity contribution in [3.63, 3.8) is 0 Å². The summed E-state index contributed by atoms with van der Waals surface area (Å²) < 4.78 is 3.27. The summed E-state index contributed by atoms with van der Waals surface area (Å²) in [7, 11) is 0. The first-order valence-electron chi connectivity index (χ1n) is 7.47. The van der Waals surface area contributed by atoms with Gasteiger partial charge >= 0.3 is 0 Å². The molecule has 0 spiro atoms. The van der Waals surface area contributed by atoms with Gasteiger partial charge in [-0.3, -0.25) is 0 Å². The Morgan fingerprint density at radius 3 is 2.67 bits per heavy atom. The first-order valence-corrected chi connectivity index (χ1v) is 8.27. The summed E-state index contributed by atoms with van der Waals surface area (Å²) in [5.74, 6) is 1.11. The van der Waals surface area contributed by atoms with E-state index in [0.717, 1.165) is 29.0 Å². The third-order valence-corrected chi connectivity index (χ3v) is 4.87. The quantitative estimate of drug-likeness (QED) is 0.813. The number of anilines is 1. The molecule has 0 radical (unpaired) electrons. The number of benzene rings is 1. The molecule has 2 aromatic rings. The standard InChI is InChI=1S/C17H22BrN3/c1-11-7-5-6-8-12(11)13-9-10-19-16-14(18)15(17(2,3)4)20-21(13)16/h5-8,13,19H,9-10H2,1-4H3. The third-order valence-electron chi connectivity index (χ3n) is 4.12. The molecule has 0 amide bonds. The average molecular weight is 348 g/mol. The Bertz CT molecular complexity index is 667. The fraction of sp³-hybridized carbons (Fsp3) is 0.471. The zero-order chi connectivity index (χ0) is 15.2. The highest BCUT2D eigenvalue weighted by molar-refractivity contribution is 9.10. The molecule has 0 fully saturated rings. The normalized spacial score (nSPS) is 18.2. The Morgan fingerprint density at radius 2 is 2.00 bits per heavy atom. The molecule has 4 heteroatoms. The summed E-state index contributed by atoms with van der Waals surface area (Å²) in [6.07, 6.45) is 1.07. The molecule has 3 nitrogen and oxygen atoms in total. The lowest BCUT2D eigenvalue weighted by Crippen LogP contribution is -2.25. The molecule has 0 bridgehead atoms. The van der Waals surface area contributed by atoms with Crippen molar-refractivity contribution in [3.8, 4) is 0 Å². The number of nitrogens with one attached hydrogen (secondary N) is 1. The smallest absolute Gasteiger partial charge is 0.139 e. The lowest BCUT2D eigenvalue weighted by atomic mass is 9.92. The third kappa shape index (κ3) is 2.50. The van der Waals surface area contributed by atoms with Gasteiger partial charge in [0, 0.05) is 12.0 Å². The molecular weight excluding hydrogens is 326 g/mol. The molecule has 1 atom stereocenters. The van der Waals surface area contributed by atoms with E-state index in [1.807, 2.05) is 0 Å². The summed E-state index contributed by atoms with van der Waals surface area (Å²) in [4.78, 5) is 0. The van der Waals surface area contributed by atoms with Gasteiger partial charge in [0.25, 0.3) is 0 Å². The van der Waals surface area contributed by atoms with Gasteiger partial charge in [0.2, 0.25) is 0 Å². The van der Waals surface area contributed by atoms with Gasteiger partial charge in [-0.2, -0.15) is 5.10 Å².